The van der Waals surface area contributed by atoms with Gasteiger partial charge in [-0.05, 0) is 149 Å². The molecule has 0 N–H and O–H groups in total. The van der Waals surface area contributed by atoms with Gasteiger partial charge >= 0.3 is 0 Å². The second-order valence-corrected chi connectivity index (χ2v) is 21.3. The van der Waals surface area contributed by atoms with E-state index in [2.05, 4.69) is 157 Å². The fourth-order valence-electron chi connectivity index (χ4n) is 14.1. The Morgan fingerprint density at radius 1 is 0.500 bits per heavy atom. The minimum Gasteiger partial charge on any atom is -0.298 e. The molecule has 354 valence electrons. The average Bonchev–Trinajstić information content (AvgIpc) is 3.73. The standard InChI is InChI=1S/C64H54F2N6/c1-41-27-59-48(33-67-71(59)51-23-21-50(65)22-24-51)30-54(41)64-40-70(38-57(64)62(64)46-18-10-5-11-19-46)36-44-15-12-20-47(29-44)53-32-52(25-26-58(53)66)72-60-28-42(2)55(31-49(60)34-68-72)63-39-69(35-43-13-6-3-7-14-43)37-56(63)61(63)45-16-8-4-9-17-45/h3-34,56-57,61-62H,35-40H2,1-2H3/t56-,57+,61-,62+,63+,64-/m0/s1. The number of fused-ring (bicyclic) bond motifs is 4. The highest BCUT2D eigenvalue weighted by molar-refractivity contribution is 5.85. The molecule has 2 saturated heterocycles. The molecular formula is C64H54F2N6. The molecule has 4 fully saturated rings. The van der Waals surface area contributed by atoms with E-state index >= 15 is 4.39 Å². The van der Waals surface area contributed by atoms with Gasteiger partial charge in [0.15, 0.2) is 0 Å². The Morgan fingerprint density at radius 3 is 1.57 bits per heavy atom. The number of piperidine rings is 2. The number of halogens is 2. The summed E-state index contributed by atoms with van der Waals surface area (Å²) in [7, 11) is 0. The van der Waals surface area contributed by atoms with E-state index in [-0.39, 0.29) is 22.5 Å². The third kappa shape index (κ3) is 6.86. The first-order valence-corrected chi connectivity index (χ1v) is 25.5. The summed E-state index contributed by atoms with van der Waals surface area (Å²) in [5.41, 5.74) is 15.7. The molecule has 2 aliphatic carbocycles. The van der Waals surface area contributed by atoms with Crippen LogP contribution in [0.2, 0.25) is 0 Å². The zero-order valence-electron chi connectivity index (χ0n) is 40.5. The van der Waals surface area contributed by atoms with Crippen LogP contribution in [0, 0.1) is 37.3 Å². The summed E-state index contributed by atoms with van der Waals surface area (Å²) in [6.07, 6.45) is 3.92. The van der Waals surface area contributed by atoms with Crippen molar-refractivity contribution in [1.29, 1.82) is 0 Å². The summed E-state index contributed by atoms with van der Waals surface area (Å²) in [4.78, 5) is 5.23. The highest BCUT2D eigenvalue weighted by Crippen LogP contribution is 2.71. The van der Waals surface area contributed by atoms with E-state index in [9.17, 15) is 4.39 Å². The molecule has 0 unspecified atom stereocenters. The molecule has 8 heteroatoms. The fraction of sp³-hybridized carbons (Fsp3) is 0.219. The Labute approximate surface area is 418 Å². The molecular weight excluding hydrogens is 891 g/mol. The number of benzene rings is 8. The molecule has 4 aliphatic rings. The van der Waals surface area contributed by atoms with E-state index in [4.69, 9.17) is 10.2 Å². The summed E-state index contributed by atoms with van der Waals surface area (Å²) < 4.78 is 33.9. The molecule has 0 amide bonds. The lowest BCUT2D eigenvalue weighted by molar-refractivity contribution is 0.282. The van der Waals surface area contributed by atoms with Crippen LogP contribution >= 0.6 is 0 Å². The number of aryl methyl sites for hydroxylation is 2. The van der Waals surface area contributed by atoms with E-state index in [1.54, 1.807) is 18.2 Å². The number of aromatic nitrogens is 4. The van der Waals surface area contributed by atoms with Crippen LogP contribution in [-0.4, -0.2) is 55.5 Å². The van der Waals surface area contributed by atoms with Crippen LogP contribution in [0.4, 0.5) is 8.78 Å². The quantitative estimate of drug-likeness (QED) is 0.130. The highest BCUT2D eigenvalue weighted by atomic mass is 19.1. The third-order valence-corrected chi connectivity index (χ3v) is 17.2. The Balaban J connectivity index is 0.743. The van der Waals surface area contributed by atoms with Gasteiger partial charge < -0.3 is 0 Å². The molecule has 0 spiro atoms. The van der Waals surface area contributed by atoms with E-state index in [1.165, 1.54) is 51.1 Å². The Morgan fingerprint density at radius 2 is 1.00 bits per heavy atom. The normalized spacial score (nSPS) is 23.4. The van der Waals surface area contributed by atoms with Crippen molar-refractivity contribution in [2.24, 2.45) is 11.8 Å². The van der Waals surface area contributed by atoms with Crippen LogP contribution in [-0.2, 0) is 23.9 Å². The van der Waals surface area contributed by atoms with Crippen molar-refractivity contribution in [2.75, 3.05) is 26.2 Å². The van der Waals surface area contributed by atoms with Crippen molar-refractivity contribution in [3.8, 4) is 22.5 Å². The summed E-state index contributed by atoms with van der Waals surface area (Å²) in [5.74, 6) is 1.36. The number of hydrogen-bond acceptors (Lipinski definition) is 4. The Bertz CT molecular complexity index is 3700. The molecule has 6 atom stereocenters. The van der Waals surface area contributed by atoms with Crippen molar-refractivity contribution >= 4 is 21.8 Å². The minimum absolute atomic E-state index is 0.0375. The van der Waals surface area contributed by atoms with Crippen LogP contribution < -0.4 is 0 Å². The minimum atomic E-state index is -0.263. The topological polar surface area (TPSA) is 42.1 Å². The average molecular weight is 945 g/mol. The van der Waals surface area contributed by atoms with Gasteiger partial charge in [-0.1, -0.05) is 109 Å². The second kappa shape index (κ2) is 16.5. The van der Waals surface area contributed by atoms with E-state index < -0.39 is 0 Å². The van der Waals surface area contributed by atoms with Gasteiger partial charge in [0, 0.05) is 78.3 Å². The highest BCUT2D eigenvalue weighted by Gasteiger charge is 2.71. The van der Waals surface area contributed by atoms with Crippen LogP contribution in [0.5, 0.6) is 0 Å². The zero-order chi connectivity index (χ0) is 48.3. The van der Waals surface area contributed by atoms with Crippen LogP contribution in [0.15, 0.2) is 194 Å². The van der Waals surface area contributed by atoms with Crippen LogP contribution in [0.25, 0.3) is 44.3 Å². The predicted molar refractivity (Wildman–Crippen MR) is 283 cm³/mol. The van der Waals surface area contributed by atoms with Crippen LogP contribution in [0.3, 0.4) is 0 Å². The SMILES string of the molecule is Cc1cc2c(cnn2-c2ccc(F)cc2)cc1[C@@]12CN(Cc3cccc(-c4cc(-n5ncc6cc([C@]78CN(Cc9ccccc9)C[C@H]7[C@@H]8c7ccccc7)c(C)cc65)ccc4F)c3)C[C@@H]1[C@H]2c1ccccc1. The lowest BCUT2D eigenvalue weighted by atomic mass is 9.86. The van der Waals surface area contributed by atoms with E-state index in [0.717, 1.165) is 83.6 Å². The molecule has 2 saturated carbocycles. The molecule has 72 heavy (non-hydrogen) atoms. The maximum Gasteiger partial charge on any atom is 0.131 e. The van der Waals surface area contributed by atoms with Crippen molar-refractivity contribution in [3.63, 3.8) is 0 Å². The molecule has 6 nitrogen and oxygen atoms in total. The molecule has 10 aromatic rings. The predicted octanol–water partition coefficient (Wildman–Crippen LogP) is 13.3. The molecule has 0 radical (unpaired) electrons. The van der Waals surface area contributed by atoms with Gasteiger partial charge in [0.1, 0.15) is 11.6 Å². The summed E-state index contributed by atoms with van der Waals surface area (Å²) in [6, 6.07) is 62.6. The molecule has 0 bridgehead atoms. The first-order valence-electron chi connectivity index (χ1n) is 25.5. The number of nitrogens with zero attached hydrogens (tertiary/aromatic N) is 6. The van der Waals surface area contributed by atoms with Gasteiger partial charge in [-0.2, -0.15) is 10.2 Å². The maximum absolute atomic E-state index is 16.1. The van der Waals surface area contributed by atoms with Gasteiger partial charge in [0.05, 0.1) is 34.8 Å². The van der Waals surface area contributed by atoms with Gasteiger partial charge in [0.25, 0.3) is 0 Å². The Kier molecular flexibility index (Phi) is 9.93. The number of likely N-dealkylation sites (tertiary alicyclic amines) is 2. The Hall–Kier alpha value is -7.52. The fourth-order valence-corrected chi connectivity index (χ4v) is 14.1. The van der Waals surface area contributed by atoms with Crippen molar-refractivity contribution in [2.45, 2.75) is 49.6 Å². The lowest BCUT2D eigenvalue weighted by Crippen LogP contribution is -2.29. The largest absolute Gasteiger partial charge is 0.298 e. The van der Waals surface area contributed by atoms with Gasteiger partial charge in [-0.3, -0.25) is 9.80 Å². The van der Waals surface area contributed by atoms with Crippen molar-refractivity contribution in [3.05, 3.63) is 251 Å². The van der Waals surface area contributed by atoms with Gasteiger partial charge in [0.2, 0.25) is 0 Å². The first kappa shape index (κ1) is 43.3. The second-order valence-electron chi connectivity index (χ2n) is 21.3. The van der Waals surface area contributed by atoms with Gasteiger partial charge in [-0.25, -0.2) is 18.1 Å². The van der Waals surface area contributed by atoms with Crippen molar-refractivity contribution in [1.82, 2.24) is 29.4 Å². The maximum atomic E-state index is 16.1. The van der Waals surface area contributed by atoms with E-state index in [1.807, 2.05) is 40.0 Å². The molecule has 2 aromatic heterocycles. The summed E-state index contributed by atoms with van der Waals surface area (Å²) in [5, 5.41) is 11.9. The lowest BCUT2D eigenvalue weighted by Gasteiger charge is -2.26. The smallest absolute Gasteiger partial charge is 0.131 e. The van der Waals surface area contributed by atoms with E-state index in [0.29, 0.717) is 29.2 Å². The molecule has 8 aromatic carbocycles. The molecule has 2 aliphatic heterocycles. The van der Waals surface area contributed by atoms with Crippen LogP contribution in [0.1, 0.15) is 56.3 Å². The third-order valence-electron chi connectivity index (χ3n) is 17.2. The van der Waals surface area contributed by atoms with Crippen molar-refractivity contribution < 1.29 is 8.78 Å². The monoisotopic (exact) mass is 944 g/mol. The molecule has 14 rings (SSSR count). The van der Waals surface area contributed by atoms with Gasteiger partial charge in [-0.15, -0.1) is 0 Å². The zero-order valence-corrected chi connectivity index (χ0v) is 40.5. The molecule has 4 heterocycles. The summed E-state index contributed by atoms with van der Waals surface area (Å²) in [6.45, 7) is 10.2. The number of hydrogen-bond donors (Lipinski definition) is 0. The number of rotatable bonds is 11. The summed E-state index contributed by atoms with van der Waals surface area (Å²) >= 11 is 0. The first-order chi connectivity index (χ1) is 35.2.